The first-order chi connectivity index (χ1) is 10.3. The normalized spacial score (nSPS) is 15.7. The highest BCUT2D eigenvalue weighted by Gasteiger charge is 2.13. The second kappa shape index (κ2) is 8.61. The number of benzene rings is 1. The van der Waals surface area contributed by atoms with Crippen LogP contribution in [-0.4, -0.2) is 63.9 Å². The SMILES string of the molecule is COCCOc1cccc(NC(=O)CN2CCNCC2)c1. The largest absolute Gasteiger partial charge is 0.491 e. The number of piperazine rings is 1. The van der Waals surface area contributed by atoms with Crippen LogP contribution in [0.3, 0.4) is 0 Å². The fraction of sp³-hybridized carbons (Fsp3) is 0.533. The molecule has 0 spiro atoms. The number of nitrogens with zero attached hydrogens (tertiary/aromatic N) is 1. The standard InChI is InChI=1S/C15H23N3O3/c1-20-9-10-21-14-4-2-3-13(11-14)17-15(19)12-18-7-5-16-6-8-18/h2-4,11,16H,5-10,12H2,1H3,(H,17,19). The maximum Gasteiger partial charge on any atom is 0.238 e. The highest BCUT2D eigenvalue weighted by atomic mass is 16.5. The molecule has 6 heteroatoms. The van der Waals surface area contributed by atoms with Crippen LogP contribution in [0.25, 0.3) is 0 Å². The first-order valence-electron chi connectivity index (χ1n) is 7.22. The maximum absolute atomic E-state index is 12.0. The third-order valence-electron chi connectivity index (χ3n) is 3.25. The monoisotopic (exact) mass is 293 g/mol. The van der Waals surface area contributed by atoms with Gasteiger partial charge in [-0.15, -0.1) is 0 Å². The van der Waals surface area contributed by atoms with Crippen LogP contribution >= 0.6 is 0 Å². The summed E-state index contributed by atoms with van der Waals surface area (Å²) in [7, 11) is 1.64. The van der Waals surface area contributed by atoms with Crippen molar-refractivity contribution in [2.75, 3.05) is 58.4 Å². The Morgan fingerprint density at radius 3 is 2.90 bits per heavy atom. The Balaban J connectivity index is 1.80. The molecule has 6 nitrogen and oxygen atoms in total. The van der Waals surface area contributed by atoms with Gasteiger partial charge >= 0.3 is 0 Å². The van der Waals surface area contributed by atoms with E-state index in [2.05, 4.69) is 15.5 Å². The van der Waals surface area contributed by atoms with Gasteiger partial charge in [0.15, 0.2) is 0 Å². The molecule has 1 heterocycles. The van der Waals surface area contributed by atoms with Gasteiger partial charge in [-0.2, -0.15) is 0 Å². The Morgan fingerprint density at radius 2 is 2.14 bits per heavy atom. The number of nitrogens with one attached hydrogen (secondary N) is 2. The molecule has 1 saturated heterocycles. The van der Waals surface area contributed by atoms with E-state index in [4.69, 9.17) is 9.47 Å². The molecular formula is C15H23N3O3. The fourth-order valence-electron chi connectivity index (χ4n) is 2.18. The summed E-state index contributed by atoms with van der Waals surface area (Å²) < 4.78 is 10.5. The number of ether oxygens (including phenoxy) is 2. The van der Waals surface area contributed by atoms with E-state index in [1.54, 1.807) is 7.11 Å². The van der Waals surface area contributed by atoms with Crippen molar-refractivity contribution < 1.29 is 14.3 Å². The second-order valence-corrected chi connectivity index (χ2v) is 4.94. The van der Waals surface area contributed by atoms with Crippen LogP contribution in [0, 0.1) is 0 Å². The van der Waals surface area contributed by atoms with Crippen LogP contribution in [-0.2, 0) is 9.53 Å². The van der Waals surface area contributed by atoms with E-state index >= 15 is 0 Å². The van der Waals surface area contributed by atoms with Gasteiger partial charge in [0.2, 0.25) is 5.91 Å². The molecule has 0 aromatic heterocycles. The van der Waals surface area contributed by atoms with E-state index in [1.165, 1.54) is 0 Å². The van der Waals surface area contributed by atoms with E-state index in [0.717, 1.165) is 37.6 Å². The first-order valence-corrected chi connectivity index (χ1v) is 7.22. The van der Waals surface area contributed by atoms with Gasteiger partial charge in [-0.25, -0.2) is 0 Å². The molecule has 2 N–H and O–H groups in total. The number of methoxy groups -OCH3 is 1. The van der Waals surface area contributed by atoms with Crippen molar-refractivity contribution in [3.63, 3.8) is 0 Å². The molecule has 0 unspecified atom stereocenters. The number of amides is 1. The van der Waals surface area contributed by atoms with Crippen molar-refractivity contribution >= 4 is 11.6 Å². The van der Waals surface area contributed by atoms with Crippen molar-refractivity contribution in [2.45, 2.75) is 0 Å². The van der Waals surface area contributed by atoms with Gasteiger partial charge in [0.05, 0.1) is 13.2 Å². The van der Waals surface area contributed by atoms with Crippen LogP contribution in [0.5, 0.6) is 5.75 Å². The maximum atomic E-state index is 12.0. The Morgan fingerprint density at radius 1 is 1.33 bits per heavy atom. The predicted octanol–water partition coefficient (Wildman–Crippen LogP) is 0.556. The summed E-state index contributed by atoms with van der Waals surface area (Å²) in [5, 5.41) is 6.18. The lowest BCUT2D eigenvalue weighted by Crippen LogP contribution is -2.46. The van der Waals surface area contributed by atoms with E-state index in [9.17, 15) is 4.79 Å². The molecule has 21 heavy (non-hydrogen) atoms. The first kappa shape index (κ1) is 15.8. The summed E-state index contributed by atoms with van der Waals surface area (Å²) in [6.07, 6.45) is 0. The molecule has 0 aliphatic carbocycles. The molecule has 1 aliphatic rings. The molecule has 0 saturated carbocycles. The molecule has 0 bridgehead atoms. The third-order valence-corrected chi connectivity index (χ3v) is 3.25. The number of hydrogen-bond donors (Lipinski definition) is 2. The van der Waals surface area contributed by atoms with E-state index in [-0.39, 0.29) is 5.91 Å². The van der Waals surface area contributed by atoms with E-state index < -0.39 is 0 Å². The summed E-state index contributed by atoms with van der Waals surface area (Å²) in [6.45, 7) is 5.16. The van der Waals surface area contributed by atoms with Crippen molar-refractivity contribution in [2.24, 2.45) is 0 Å². The van der Waals surface area contributed by atoms with E-state index in [1.807, 2.05) is 24.3 Å². The van der Waals surface area contributed by atoms with Gasteiger partial charge in [-0.1, -0.05) is 6.07 Å². The second-order valence-electron chi connectivity index (χ2n) is 4.94. The van der Waals surface area contributed by atoms with Crippen LogP contribution in [0.4, 0.5) is 5.69 Å². The predicted molar refractivity (Wildman–Crippen MR) is 81.8 cm³/mol. The molecule has 1 aromatic carbocycles. The molecule has 1 aromatic rings. The van der Waals surface area contributed by atoms with Crippen molar-refractivity contribution in [1.29, 1.82) is 0 Å². The smallest absolute Gasteiger partial charge is 0.238 e. The zero-order valence-corrected chi connectivity index (χ0v) is 12.4. The summed E-state index contributed by atoms with van der Waals surface area (Å²) in [5.74, 6) is 0.734. The molecule has 1 amide bonds. The Hall–Kier alpha value is -1.63. The zero-order valence-electron chi connectivity index (χ0n) is 12.4. The minimum Gasteiger partial charge on any atom is -0.491 e. The van der Waals surface area contributed by atoms with Gasteiger partial charge in [0.25, 0.3) is 0 Å². The average molecular weight is 293 g/mol. The highest BCUT2D eigenvalue weighted by molar-refractivity contribution is 5.92. The Kier molecular flexibility index (Phi) is 6.46. The molecule has 0 radical (unpaired) electrons. The summed E-state index contributed by atoms with van der Waals surface area (Å²) in [5.41, 5.74) is 0.755. The lowest BCUT2D eigenvalue weighted by Gasteiger charge is -2.26. The van der Waals surface area contributed by atoms with Gasteiger partial charge in [0, 0.05) is 45.0 Å². The highest BCUT2D eigenvalue weighted by Crippen LogP contribution is 2.17. The topological polar surface area (TPSA) is 62.8 Å². The van der Waals surface area contributed by atoms with Gasteiger partial charge in [-0.3, -0.25) is 9.69 Å². The van der Waals surface area contributed by atoms with Crippen molar-refractivity contribution in [3.8, 4) is 5.75 Å². The van der Waals surface area contributed by atoms with Crippen LogP contribution in [0.1, 0.15) is 0 Å². The summed E-state index contributed by atoms with van der Waals surface area (Å²) >= 11 is 0. The minimum atomic E-state index is 0.00550. The summed E-state index contributed by atoms with van der Waals surface area (Å²) in [6, 6.07) is 7.41. The minimum absolute atomic E-state index is 0.00550. The van der Waals surface area contributed by atoms with Crippen LogP contribution in [0.2, 0.25) is 0 Å². The quantitative estimate of drug-likeness (QED) is 0.719. The lowest BCUT2D eigenvalue weighted by atomic mass is 10.3. The molecule has 116 valence electrons. The molecule has 2 rings (SSSR count). The van der Waals surface area contributed by atoms with Crippen molar-refractivity contribution in [3.05, 3.63) is 24.3 Å². The van der Waals surface area contributed by atoms with E-state index in [0.29, 0.717) is 19.8 Å². The lowest BCUT2D eigenvalue weighted by molar-refractivity contribution is -0.117. The molecular weight excluding hydrogens is 270 g/mol. The summed E-state index contributed by atoms with van der Waals surface area (Å²) in [4.78, 5) is 14.2. The van der Waals surface area contributed by atoms with Gasteiger partial charge in [-0.05, 0) is 12.1 Å². The number of hydrogen-bond acceptors (Lipinski definition) is 5. The molecule has 1 fully saturated rings. The Labute approximate surface area is 125 Å². The number of rotatable bonds is 7. The Bertz CT molecular complexity index is 448. The third kappa shape index (κ3) is 5.71. The zero-order chi connectivity index (χ0) is 14.9. The number of carbonyl (C=O) groups excluding carboxylic acids is 1. The van der Waals surface area contributed by atoms with Gasteiger partial charge < -0.3 is 20.1 Å². The molecule has 1 aliphatic heterocycles. The number of carbonyl (C=O) groups is 1. The van der Waals surface area contributed by atoms with Crippen LogP contribution in [0.15, 0.2) is 24.3 Å². The van der Waals surface area contributed by atoms with Crippen LogP contribution < -0.4 is 15.4 Å². The average Bonchev–Trinajstić information content (AvgIpc) is 2.49. The fourth-order valence-corrected chi connectivity index (χ4v) is 2.18. The number of anilines is 1. The van der Waals surface area contributed by atoms with Crippen molar-refractivity contribution in [1.82, 2.24) is 10.2 Å². The van der Waals surface area contributed by atoms with Gasteiger partial charge in [0.1, 0.15) is 12.4 Å². The molecule has 0 atom stereocenters.